The minimum Gasteiger partial charge on any atom is -0.487 e. The zero-order chi connectivity index (χ0) is 16.8. The zero-order valence-corrected chi connectivity index (χ0v) is 13.4. The highest BCUT2D eigenvalue weighted by molar-refractivity contribution is 6.08. The first-order valence-electron chi connectivity index (χ1n) is 7.81. The lowest BCUT2D eigenvalue weighted by molar-refractivity contribution is 0.0935. The molecule has 0 saturated heterocycles. The normalized spacial score (nSPS) is 16.8. The molecule has 4 rings (SSSR count). The van der Waals surface area contributed by atoms with Gasteiger partial charge in [-0.3, -0.25) is 9.69 Å². The number of anilines is 1. The number of benzene rings is 2. The first kappa shape index (κ1) is 14.8. The molecule has 0 spiro atoms. The van der Waals surface area contributed by atoms with Crippen LogP contribution < -0.4 is 9.64 Å². The Morgan fingerprint density at radius 3 is 2.88 bits per heavy atom. The molecular weight excluding hydrogens is 309 g/mol. The Morgan fingerprint density at radius 1 is 1.25 bits per heavy atom. The molecular formula is C19H16FNO3. The van der Waals surface area contributed by atoms with Crippen molar-refractivity contribution in [2.45, 2.75) is 20.0 Å². The van der Waals surface area contributed by atoms with E-state index >= 15 is 0 Å². The van der Waals surface area contributed by atoms with E-state index in [0.29, 0.717) is 34.5 Å². The number of nitrogens with zero attached hydrogens (tertiary/aromatic N) is 1. The monoisotopic (exact) mass is 325 g/mol. The summed E-state index contributed by atoms with van der Waals surface area (Å²) in [7, 11) is 0. The van der Waals surface area contributed by atoms with Crippen molar-refractivity contribution in [3.63, 3.8) is 0 Å². The number of furan rings is 1. The Balaban J connectivity index is 1.81. The number of carbonyl (C=O) groups is 1. The topological polar surface area (TPSA) is 42.7 Å². The first-order chi connectivity index (χ1) is 11.5. The van der Waals surface area contributed by atoms with Crippen LogP contribution in [0, 0.1) is 12.7 Å². The second kappa shape index (κ2) is 5.37. The van der Waals surface area contributed by atoms with E-state index in [1.54, 1.807) is 17.9 Å². The average Bonchev–Trinajstić information content (AvgIpc) is 2.90. The van der Waals surface area contributed by atoms with Crippen molar-refractivity contribution < 1.29 is 18.3 Å². The maximum Gasteiger partial charge on any atom is 0.294 e. The average molecular weight is 325 g/mol. The summed E-state index contributed by atoms with van der Waals surface area (Å²) in [6, 6.07) is 11.7. The fourth-order valence-electron chi connectivity index (χ4n) is 3.10. The Morgan fingerprint density at radius 2 is 2.04 bits per heavy atom. The number of carbonyl (C=O) groups excluding carboxylic acids is 1. The van der Waals surface area contributed by atoms with Crippen LogP contribution >= 0.6 is 0 Å². The van der Waals surface area contributed by atoms with Gasteiger partial charge in [0.2, 0.25) is 0 Å². The molecule has 0 fully saturated rings. The molecule has 2 aromatic carbocycles. The molecule has 1 aromatic heterocycles. The summed E-state index contributed by atoms with van der Waals surface area (Å²) in [6.07, 6.45) is -0.119. The van der Waals surface area contributed by atoms with Gasteiger partial charge >= 0.3 is 0 Å². The van der Waals surface area contributed by atoms with E-state index in [1.165, 1.54) is 12.1 Å². The van der Waals surface area contributed by atoms with Gasteiger partial charge in [-0.15, -0.1) is 0 Å². The highest BCUT2D eigenvalue weighted by atomic mass is 19.1. The van der Waals surface area contributed by atoms with Crippen molar-refractivity contribution in [2.24, 2.45) is 0 Å². The van der Waals surface area contributed by atoms with Gasteiger partial charge in [0.25, 0.3) is 5.91 Å². The number of halogens is 1. The summed E-state index contributed by atoms with van der Waals surface area (Å²) in [4.78, 5) is 14.7. The molecule has 2 heterocycles. The van der Waals surface area contributed by atoms with E-state index in [2.05, 4.69) is 0 Å². The van der Waals surface area contributed by atoms with Gasteiger partial charge in [-0.25, -0.2) is 4.39 Å². The molecule has 3 aromatic rings. The summed E-state index contributed by atoms with van der Waals surface area (Å²) in [5.74, 6) is 0.311. The molecule has 1 atom stereocenters. The number of ether oxygens (including phenoxy) is 1. The van der Waals surface area contributed by atoms with Crippen molar-refractivity contribution in [1.82, 2.24) is 0 Å². The largest absolute Gasteiger partial charge is 0.487 e. The second-order valence-electron chi connectivity index (χ2n) is 6.01. The van der Waals surface area contributed by atoms with E-state index in [1.807, 2.05) is 31.2 Å². The number of amides is 1. The Bertz CT molecular complexity index is 947. The Kier molecular flexibility index (Phi) is 3.30. The molecule has 122 valence electrons. The molecule has 4 nitrogen and oxygen atoms in total. The minimum atomic E-state index is -0.351. The molecule has 0 N–H and O–H groups in total. The third kappa shape index (κ3) is 2.24. The van der Waals surface area contributed by atoms with Crippen LogP contribution in [-0.2, 0) is 0 Å². The standard InChI is InChI=1S/C19H16FNO3/c1-11-10-21(15-5-3-4-6-17(15)23-11)19(22)18-12(2)14-9-13(20)7-8-16(14)24-18/h3-9,11H,10H2,1-2H3/t11-/m0/s1. The minimum absolute atomic E-state index is 0.119. The summed E-state index contributed by atoms with van der Waals surface area (Å²) < 4.78 is 25.0. The van der Waals surface area contributed by atoms with Crippen molar-refractivity contribution in [1.29, 1.82) is 0 Å². The van der Waals surface area contributed by atoms with Crippen molar-refractivity contribution in [3.05, 3.63) is 59.6 Å². The maximum atomic E-state index is 13.5. The van der Waals surface area contributed by atoms with Crippen LogP contribution in [0.1, 0.15) is 23.0 Å². The highest BCUT2D eigenvalue weighted by Crippen LogP contribution is 2.35. The predicted octanol–water partition coefficient (Wildman–Crippen LogP) is 4.31. The summed E-state index contributed by atoms with van der Waals surface area (Å²) in [5.41, 5.74) is 1.87. The van der Waals surface area contributed by atoms with Crippen molar-refractivity contribution in [2.75, 3.05) is 11.4 Å². The van der Waals surface area contributed by atoms with E-state index in [4.69, 9.17) is 9.15 Å². The molecule has 0 bridgehead atoms. The molecule has 1 amide bonds. The van der Waals surface area contributed by atoms with E-state index in [9.17, 15) is 9.18 Å². The van der Waals surface area contributed by atoms with Crippen molar-refractivity contribution in [3.8, 4) is 5.75 Å². The second-order valence-corrected chi connectivity index (χ2v) is 6.01. The van der Waals surface area contributed by atoms with E-state index in [0.717, 1.165) is 0 Å². The predicted molar refractivity (Wildman–Crippen MR) is 89.1 cm³/mol. The lowest BCUT2D eigenvalue weighted by atomic mass is 10.1. The number of hydrogen-bond donors (Lipinski definition) is 0. The van der Waals surface area contributed by atoms with Crippen LogP contribution in [-0.4, -0.2) is 18.6 Å². The van der Waals surface area contributed by atoms with Crippen LogP contribution in [0.25, 0.3) is 11.0 Å². The first-order valence-corrected chi connectivity index (χ1v) is 7.81. The fourth-order valence-corrected chi connectivity index (χ4v) is 3.10. The lowest BCUT2D eigenvalue weighted by Gasteiger charge is -2.33. The molecule has 5 heteroatoms. The van der Waals surface area contributed by atoms with Crippen LogP contribution in [0.4, 0.5) is 10.1 Å². The smallest absolute Gasteiger partial charge is 0.294 e. The molecule has 0 aliphatic carbocycles. The molecule has 0 saturated carbocycles. The third-order valence-electron chi connectivity index (χ3n) is 4.26. The molecule has 1 aliphatic heterocycles. The van der Waals surface area contributed by atoms with Gasteiger partial charge in [0, 0.05) is 10.9 Å². The number of para-hydroxylation sites is 2. The quantitative estimate of drug-likeness (QED) is 0.669. The van der Waals surface area contributed by atoms with E-state index in [-0.39, 0.29) is 23.6 Å². The molecule has 0 unspecified atom stereocenters. The van der Waals surface area contributed by atoms with Gasteiger partial charge in [0.15, 0.2) is 5.76 Å². The Labute approximate surface area is 138 Å². The van der Waals surface area contributed by atoms with Crippen LogP contribution in [0.3, 0.4) is 0 Å². The van der Waals surface area contributed by atoms with Crippen LogP contribution in [0.15, 0.2) is 46.9 Å². The van der Waals surface area contributed by atoms with Crippen LogP contribution in [0.5, 0.6) is 5.75 Å². The van der Waals surface area contributed by atoms with Crippen LogP contribution in [0.2, 0.25) is 0 Å². The lowest BCUT2D eigenvalue weighted by Crippen LogP contribution is -2.42. The number of fused-ring (bicyclic) bond motifs is 2. The maximum absolute atomic E-state index is 13.5. The highest BCUT2D eigenvalue weighted by Gasteiger charge is 2.31. The third-order valence-corrected chi connectivity index (χ3v) is 4.26. The summed E-state index contributed by atoms with van der Waals surface area (Å²) in [6.45, 7) is 4.12. The molecule has 24 heavy (non-hydrogen) atoms. The van der Waals surface area contributed by atoms with Gasteiger partial charge in [0.05, 0.1) is 12.2 Å². The molecule has 1 aliphatic rings. The zero-order valence-electron chi connectivity index (χ0n) is 13.4. The SMILES string of the molecule is Cc1c(C(=O)N2C[C@H](C)Oc3ccccc32)oc2ccc(F)cc12. The number of aryl methyl sites for hydroxylation is 1. The van der Waals surface area contributed by atoms with Crippen molar-refractivity contribution >= 4 is 22.6 Å². The Hall–Kier alpha value is -2.82. The van der Waals surface area contributed by atoms with Gasteiger partial charge in [-0.05, 0) is 44.2 Å². The summed E-state index contributed by atoms with van der Waals surface area (Å²) >= 11 is 0. The van der Waals surface area contributed by atoms with Gasteiger partial charge < -0.3 is 9.15 Å². The van der Waals surface area contributed by atoms with Gasteiger partial charge in [-0.2, -0.15) is 0 Å². The number of rotatable bonds is 1. The fraction of sp³-hybridized carbons (Fsp3) is 0.211. The van der Waals surface area contributed by atoms with E-state index < -0.39 is 0 Å². The van der Waals surface area contributed by atoms with Gasteiger partial charge in [0.1, 0.15) is 23.3 Å². The summed E-state index contributed by atoms with van der Waals surface area (Å²) in [5, 5.41) is 0.618. The molecule has 0 radical (unpaired) electrons. The number of hydrogen-bond acceptors (Lipinski definition) is 3. The van der Waals surface area contributed by atoms with Gasteiger partial charge in [-0.1, -0.05) is 12.1 Å².